The molecular weight excluding hydrogens is 92.1 g/mol. The number of hydrazine groups is 1. The first kappa shape index (κ1) is 6.88. The third-order valence-corrected chi connectivity index (χ3v) is 0.589. The molecule has 0 aliphatic carbocycles. The van der Waals surface area contributed by atoms with Crippen molar-refractivity contribution in [3.63, 3.8) is 0 Å². The zero-order chi connectivity index (χ0) is 5.70. The van der Waals surface area contributed by atoms with Crippen LogP contribution in [0.25, 0.3) is 0 Å². The van der Waals surface area contributed by atoms with Crippen LogP contribution in [0.3, 0.4) is 0 Å². The number of hydrogen-bond acceptors (Lipinski definition) is 3. The molecular formula is C4H12N2O. The molecule has 3 N–H and O–H groups in total. The van der Waals surface area contributed by atoms with Crippen LogP contribution in [0.4, 0.5) is 0 Å². The first-order valence-electron chi connectivity index (χ1n) is 2.39. The van der Waals surface area contributed by atoms with Crippen molar-refractivity contribution >= 4 is 0 Å². The van der Waals surface area contributed by atoms with Gasteiger partial charge < -0.3 is 5.21 Å². The van der Waals surface area contributed by atoms with Gasteiger partial charge in [0.15, 0.2) is 0 Å². The Morgan fingerprint density at radius 2 is 2.14 bits per heavy atom. The Hall–Kier alpha value is -0.120. The number of hydrogen-bond donors (Lipinski definition) is 3. The maximum Gasteiger partial charge on any atom is 0.0145 e. The number of rotatable bonds is 3. The van der Waals surface area contributed by atoms with Crippen LogP contribution in [-0.2, 0) is 0 Å². The van der Waals surface area contributed by atoms with Gasteiger partial charge in [-0.3, -0.25) is 0 Å². The summed E-state index contributed by atoms with van der Waals surface area (Å²) in [6.07, 6.45) is 0. The molecule has 3 nitrogen and oxygen atoms in total. The van der Waals surface area contributed by atoms with Gasteiger partial charge in [0, 0.05) is 6.54 Å². The molecule has 0 rings (SSSR count). The van der Waals surface area contributed by atoms with Gasteiger partial charge in [-0.25, -0.2) is 5.43 Å². The summed E-state index contributed by atoms with van der Waals surface area (Å²) in [5.74, 6) is 0.569. The Morgan fingerprint density at radius 1 is 1.57 bits per heavy atom. The molecule has 0 aliphatic rings. The van der Waals surface area contributed by atoms with Gasteiger partial charge in [0.1, 0.15) is 0 Å². The first-order valence-corrected chi connectivity index (χ1v) is 2.39. The summed E-state index contributed by atoms with van der Waals surface area (Å²) in [6.45, 7) is 4.91. The fourth-order valence-corrected chi connectivity index (χ4v) is 0.250. The largest absolute Gasteiger partial charge is 0.302 e. The van der Waals surface area contributed by atoms with E-state index >= 15 is 0 Å². The van der Waals surface area contributed by atoms with Gasteiger partial charge in [0.25, 0.3) is 0 Å². The van der Waals surface area contributed by atoms with E-state index in [-0.39, 0.29) is 0 Å². The summed E-state index contributed by atoms with van der Waals surface area (Å²) in [7, 11) is 0. The van der Waals surface area contributed by atoms with Crippen molar-refractivity contribution in [2.75, 3.05) is 6.54 Å². The van der Waals surface area contributed by atoms with Gasteiger partial charge in [0.2, 0.25) is 0 Å². The molecule has 0 saturated heterocycles. The summed E-state index contributed by atoms with van der Waals surface area (Å²) in [5.41, 5.74) is 4.40. The van der Waals surface area contributed by atoms with Crippen LogP contribution in [-0.4, -0.2) is 11.8 Å². The van der Waals surface area contributed by atoms with Crippen molar-refractivity contribution < 1.29 is 5.21 Å². The van der Waals surface area contributed by atoms with E-state index < -0.39 is 0 Å². The SMILES string of the molecule is CC(C)CNNO. The summed E-state index contributed by atoms with van der Waals surface area (Å²) < 4.78 is 0. The monoisotopic (exact) mass is 104 g/mol. The fourth-order valence-electron chi connectivity index (χ4n) is 0.250. The Bertz CT molecular complexity index is 38.7. The topological polar surface area (TPSA) is 44.3 Å². The van der Waals surface area contributed by atoms with E-state index in [2.05, 4.69) is 19.3 Å². The second kappa shape index (κ2) is 4.05. The minimum atomic E-state index is 0.569. The highest BCUT2D eigenvalue weighted by molar-refractivity contribution is 4.41. The van der Waals surface area contributed by atoms with Crippen LogP contribution in [0.2, 0.25) is 0 Å². The maximum absolute atomic E-state index is 7.95. The Balaban J connectivity index is 2.68. The molecule has 0 radical (unpaired) electrons. The Morgan fingerprint density at radius 3 is 2.29 bits per heavy atom. The molecule has 0 saturated carbocycles. The molecule has 0 aliphatic heterocycles. The van der Waals surface area contributed by atoms with Gasteiger partial charge in [-0.15, -0.1) is 5.59 Å². The molecule has 0 atom stereocenters. The third-order valence-electron chi connectivity index (χ3n) is 0.589. The lowest BCUT2D eigenvalue weighted by atomic mass is 10.2. The molecule has 0 fully saturated rings. The summed E-state index contributed by atoms with van der Waals surface area (Å²) in [4.78, 5) is 0. The first-order chi connectivity index (χ1) is 3.27. The highest BCUT2D eigenvalue weighted by Crippen LogP contribution is 1.83. The highest BCUT2D eigenvalue weighted by atomic mass is 16.5. The van der Waals surface area contributed by atoms with Crippen molar-refractivity contribution in [3.05, 3.63) is 0 Å². The number of nitrogens with one attached hydrogen (secondary N) is 2. The molecule has 0 amide bonds. The third kappa shape index (κ3) is 5.88. The van der Waals surface area contributed by atoms with E-state index in [1.165, 1.54) is 0 Å². The van der Waals surface area contributed by atoms with Crippen molar-refractivity contribution in [2.45, 2.75) is 13.8 Å². The molecule has 0 unspecified atom stereocenters. The average molecular weight is 104 g/mol. The van der Waals surface area contributed by atoms with E-state index in [9.17, 15) is 0 Å². The van der Waals surface area contributed by atoms with E-state index in [1.54, 1.807) is 0 Å². The average Bonchev–Trinajstić information content (AvgIpc) is 1.61. The maximum atomic E-state index is 7.95. The summed E-state index contributed by atoms with van der Waals surface area (Å²) >= 11 is 0. The van der Waals surface area contributed by atoms with Gasteiger partial charge in [-0.1, -0.05) is 13.8 Å². The zero-order valence-corrected chi connectivity index (χ0v) is 4.73. The second-order valence-corrected chi connectivity index (χ2v) is 1.89. The van der Waals surface area contributed by atoms with Crippen molar-refractivity contribution in [2.24, 2.45) is 5.92 Å². The predicted molar refractivity (Wildman–Crippen MR) is 27.8 cm³/mol. The van der Waals surface area contributed by atoms with E-state index in [4.69, 9.17) is 5.21 Å². The van der Waals surface area contributed by atoms with E-state index in [0.717, 1.165) is 6.54 Å². The van der Waals surface area contributed by atoms with E-state index in [1.807, 2.05) is 5.59 Å². The second-order valence-electron chi connectivity index (χ2n) is 1.89. The van der Waals surface area contributed by atoms with Gasteiger partial charge in [-0.05, 0) is 5.92 Å². The predicted octanol–water partition coefficient (Wildman–Crippen LogP) is 0.126. The van der Waals surface area contributed by atoms with Crippen molar-refractivity contribution in [3.8, 4) is 0 Å². The normalized spacial score (nSPS) is 10.3. The van der Waals surface area contributed by atoms with Gasteiger partial charge in [-0.2, -0.15) is 0 Å². The molecule has 0 bridgehead atoms. The van der Waals surface area contributed by atoms with Crippen molar-refractivity contribution in [1.29, 1.82) is 0 Å². The minimum absolute atomic E-state index is 0.569. The van der Waals surface area contributed by atoms with Crippen LogP contribution in [0.15, 0.2) is 0 Å². The molecule has 0 aromatic rings. The van der Waals surface area contributed by atoms with Gasteiger partial charge in [0.05, 0.1) is 0 Å². The van der Waals surface area contributed by atoms with Crippen LogP contribution in [0.1, 0.15) is 13.8 Å². The fraction of sp³-hybridized carbons (Fsp3) is 1.00. The van der Waals surface area contributed by atoms with Crippen molar-refractivity contribution in [1.82, 2.24) is 11.0 Å². The molecule has 7 heavy (non-hydrogen) atoms. The highest BCUT2D eigenvalue weighted by Gasteiger charge is 1.87. The lowest BCUT2D eigenvalue weighted by Crippen LogP contribution is -2.31. The van der Waals surface area contributed by atoms with Gasteiger partial charge >= 0.3 is 0 Å². The van der Waals surface area contributed by atoms with E-state index in [0.29, 0.717) is 5.92 Å². The Labute approximate surface area is 43.7 Å². The van der Waals surface area contributed by atoms with Crippen LogP contribution in [0, 0.1) is 5.92 Å². The smallest absolute Gasteiger partial charge is 0.0145 e. The molecule has 3 heteroatoms. The summed E-state index contributed by atoms with van der Waals surface area (Å²) in [5, 5.41) is 7.95. The molecule has 0 heterocycles. The summed E-state index contributed by atoms with van der Waals surface area (Å²) in [6, 6.07) is 0. The minimum Gasteiger partial charge on any atom is -0.302 e. The quantitative estimate of drug-likeness (QED) is 0.446. The molecule has 44 valence electrons. The molecule has 0 aromatic carbocycles. The zero-order valence-electron chi connectivity index (χ0n) is 4.73. The molecule has 0 spiro atoms. The van der Waals surface area contributed by atoms with Crippen LogP contribution < -0.4 is 11.0 Å². The Kier molecular flexibility index (Phi) is 3.98. The lowest BCUT2D eigenvalue weighted by molar-refractivity contribution is 0.116. The molecule has 0 aromatic heterocycles. The van der Waals surface area contributed by atoms with Crippen LogP contribution in [0.5, 0.6) is 0 Å². The lowest BCUT2D eigenvalue weighted by Gasteiger charge is -2.02. The standard InChI is InChI=1S/C4H12N2O/c1-4(2)3-5-6-7/h4-7H,3H2,1-2H3. The van der Waals surface area contributed by atoms with Crippen LogP contribution >= 0.6 is 0 Å².